The Labute approximate surface area is 126 Å². The molecule has 20 heavy (non-hydrogen) atoms. The predicted octanol–water partition coefficient (Wildman–Crippen LogP) is 3.07. The maximum Gasteiger partial charge on any atom is 0.131 e. The van der Waals surface area contributed by atoms with Crippen LogP contribution in [0.3, 0.4) is 0 Å². The van der Waals surface area contributed by atoms with E-state index in [1.165, 1.54) is 0 Å². The second-order valence-electron chi connectivity index (χ2n) is 6.20. The third-order valence-corrected chi connectivity index (χ3v) is 4.41. The fraction of sp³-hybridized carbons (Fsp3) is 0.800. The van der Waals surface area contributed by atoms with Gasteiger partial charge in [-0.05, 0) is 32.1 Å². The first-order valence-corrected chi connectivity index (χ1v) is 7.88. The molecule has 1 aliphatic heterocycles. The lowest BCUT2D eigenvalue weighted by molar-refractivity contribution is -0.00957. The Morgan fingerprint density at radius 1 is 1.50 bits per heavy atom. The van der Waals surface area contributed by atoms with Crippen molar-refractivity contribution >= 4 is 11.6 Å². The normalized spacial score (nSPS) is 23.5. The molecular formula is C15H26ClN3O. The fourth-order valence-electron chi connectivity index (χ4n) is 2.88. The van der Waals surface area contributed by atoms with Crippen molar-refractivity contribution in [2.75, 3.05) is 6.61 Å². The molecule has 1 saturated heterocycles. The van der Waals surface area contributed by atoms with Crippen LogP contribution in [-0.4, -0.2) is 28.5 Å². The summed E-state index contributed by atoms with van der Waals surface area (Å²) in [6.07, 6.45) is 3.71. The van der Waals surface area contributed by atoms with Crippen molar-refractivity contribution in [2.24, 2.45) is 13.0 Å². The fourth-order valence-corrected chi connectivity index (χ4v) is 3.12. The molecule has 0 aromatic carbocycles. The monoisotopic (exact) mass is 299 g/mol. The lowest BCUT2D eigenvalue weighted by Gasteiger charge is -2.31. The lowest BCUT2D eigenvalue weighted by Crippen LogP contribution is -2.39. The van der Waals surface area contributed by atoms with Crippen LogP contribution in [0, 0.1) is 12.8 Å². The topological polar surface area (TPSA) is 39.1 Å². The highest BCUT2D eigenvalue weighted by molar-refractivity contribution is 6.30. The van der Waals surface area contributed by atoms with Gasteiger partial charge >= 0.3 is 0 Å². The zero-order chi connectivity index (χ0) is 14.7. The maximum atomic E-state index is 6.27. The molecule has 0 amide bonds. The van der Waals surface area contributed by atoms with Gasteiger partial charge in [-0.1, -0.05) is 25.4 Å². The summed E-state index contributed by atoms with van der Waals surface area (Å²) in [5.41, 5.74) is 2.12. The first-order valence-electron chi connectivity index (χ1n) is 7.50. The summed E-state index contributed by atoms with van der Waals surface area (Å²) in [6, 6.07) is 0.517. The van der Waals surface area contributed by atoms with E-state index in [1.807, 2.05) is 14.0 Å². The highest BCUT2D eigenvalue weighted by Gasteiger charge is 2.23. The highest BCUT2D eigenvalue weighted by atomic mass is 35.5. The van der Waals surface area contributed by atoms with E-state index in [4.69, 9.17) is 16.3 Å². The van der Waals surface area contributed by atoms with Gasteiger partial charge in [0.05, 0.1) is 11.8 Å². The average molecular weight is 300 g/mol. The van der Waals surface area contributed by atoms with Gasteiger partial charge in [0.1, 0.15) is 5.15 Å². The summed E-state index contributed by atoms with van der Waals surface area (Å²) < 4.78 is 7.58. The van der Waals surface area contributed by atoms with E-state index in [1.54, 1.807) is 4.68 Å². The van der Waals surface area contributed by atoms with E-state index in [0.29, 0.717) is 18.1 Å². The SMILES string of the molecule is Cc1nn(C)c(Cl)c1CN[C@H]1CCO[C@@H](CC(C)C)C1. The van der Waals surface area contributed by atoms with Crippen molar-refractivity contribution in [1.82, 2.24) is 15.1 Å². The molecule has 1 fully saturated rings. The number of aromatic nitrogens is 2. The van der Waals surface area contributed by atoms with Crippen LogP contribution in [0.4, 0.5) is 0 Å². The van der Waals surface area contributed by atoms with Gasteiger partial charge in [0.15, 0.2) is 0 Å². The van der Waals surface area contributed by atoms with Crippen LogP contribution in [0.15, 0.2) is 0 Å². The van der Waals surface area contributed by atoms with Crippen LogP contribution in [0.1, 0.15) is 44.4 Å². The molecule has 1 aliphatic rings. The third-order valence-electron chi connectivity index (χ3n) is 3.94. The van der Waals surface area contributed by atoms with E-state index < -0.39 is 0 Å². The molecule has 1 aromatic rings. The number of aryl methyl sites for hydroxylation is 2. The molecule has 0 radical (unpaired) electrons. The Hall–Kier alpha value is -0.580. The zero-order valence-electron chi connectivity index (χ0n) is 12.9. The number of nitrogens with one attached hydrogen (secondary N) is 1. The molecule has 0 aliphatic carbocycles. The minimum Gasteiger partial charge on any atom is -0.378 e. The smallest absolute Gasteiger partial charge is 0.131 e. The molecule has 4 nitrogen and oxygen atoms in total. The summed E-state index contributed by atoms with van der Waals surface area (Å²) in [5.74, 6) is 0.689. The molecular weight excluding hydrogens is 274 g/mol. The van der Waals surface area contributed by atoms with Crippen LogP contribution < -0.4 is 5.32 Å². The van der Waals surface area contributed by atoms with Gasteiger partial charge in [-0.25, -0.2) is 0 Å². The van der Waals surface area contributed by atoms with Gasteiger partial charge in [-0.3, -0.25) is 4.68 Å². The Balaban J connectivity index is 1.87. The molecule has 5 heteroatoms. The van der Waals surface area contributed by atoms with Gasteiger partial charge in [0, 0.05) is 31.8 Å². The first kappa shape index (κ1) is 15.8. The Kier molecular flexibility index (Phi) is 5.47. The summed E-state index contributed by atoms with van der Waals surface area (Å²) in [5, 5.41) is 8.70. The van der Waals surface area contributed by atoms with E-state index in [-0.39, 0.29) is 0 Å². The molecule has 114 valence electrons. The van der Waals surface area contributed by atoms with Crippen LogP contribution in [-0.2, 0) is 18.3 Å². The number of nitrogens with zero attached hydrogens (tertiary/aromatic N) is 2. The van der Waals surface area contributed by atoms with E-state index in [2.05, 4.69) is 24.3 Å². The van der Waals surface area contributed by atoms with Crippen molar-refractivity contribution < 1.29 is 4.74 Å². The minimum absolute atomic E-state index is 0.395. The van der Waals surface area contributed by atoms with Crippen molar-refractivity contribution in [2.45, 2.75) is 58.7 Å². The van der Waals surface area contributed by atoms with Crippen molar-refractivity contribution in [3.63, 3.8) is 0 Å². The molecule has 0 saturated carbocycles. The number of halogens is 1. The average Bonchev–Trinajstić information content (AvgIpc) is 2.61. The summed E-state index contributed by atoms with van der Waals surface area (Å²) >= 11 is 6.27. The Bertz CT molecular complexity index is 445. The van der Waals surface area contributed by atoms with Crippen LogP contribution in [0.2, 0.25) is 5.15 Å². The molecule has 0 bridgehead atoms. The van der Waals surface area contributed by atoms with Gasteiger partial charge < -0.3 is 10.1 Å². The number of ether oxygens (including phenoxy) is 1. The first-order chi connectivity index (χ1) is 9.47. The second-order valence-corrected chi connectivity index (χ2v) is 6.56. The highest BCUT2D eigenvalue weighted by Crippen LogP contribution is 2.22. The largest absolute Gasteiger partial charge is 0.378 e. The third kappa shape index (κ3) is 3.96. The van der Waals surface area contributed by atoms with Crippen LogP contribution in [0.25, 0.3) is 0 Å². The van der Waals surface area contributed by atoms with Crippen molar-refractivity contribution in [3.05, 3.63) is 16.4 Å². The van der Waals surface area contributed by atoms with Gasteiger partial charge in [0.25, 0.3) is 0 Å². The summed E-state index contributed by atoms with van der Waals surface area (Å²) in [4.78, 5) is 0. The van der Waals surface area contributed by atoms with Crippen molar-refractivity contribution in [1.29, 1.82) is 0 Å². The number of rotatable bonds is 5. The minimum atomic E-state index is 0.395. The van der Waals surface area contributed by atoms with E-state index in [9.17, 15) is 0 Å². The van der Waals surface area contributed by atoms with Gasteiger partial charge in [-0.2, -0.15) is 5.10 Å². The molecule has 0 spiro atoms. The van der Waals surface area contributed by atoms with Gasteiger partial charge in [0.2, 0.25) is 0 Å². The second kappa shape index (κ2) is 6.92. The quantitative estimate of drug-likeness (QED) is 0.908. The van der Waals surface area contributed by atoms with E-state index >= 15 is 0 Å². The Morgan fingerprint density at radius 2 is 2.25 bits per heavy atom. The molecule has 1 aromatic heterocycles. The molecule has 1 N–H and O–H groups in total. The van der Waals surface area contributed by atoms with Crippen molar-refractivity contribution in [3.8, 4) is 0 Å². The summed E-state index contributed by atoms with van der Waals surface area (Å²) in [6.45, 7) is 8.15. The molecule has 2 heterocycles. The predicted molar refractivity (Wildman–Crippen MR) is 82.0 cm³/mol. The molecule has 0 unspecified atom stereocenters. The zero-order valence-corrected chi connectivity index (χ0v) is 13.7. The van der Waals surface area contributed by atoms with Crippen LogP contribution >= 0.6 is 11.6 Å². The standard InChI is InChI=1S/C15H26ClN3O/c1-10(2)7-13-8-12(5-6-20-13)17-9-14-11(3)18-19(4)15(14)16/h10,12-13,17H,5-9H2,1-4H3/t12-,13-/m0/s1. The number of hydrogen-bond donors (Lipinski definition) is 1. The van der Waals surface area contributed by atoms with Gasteiger partial charge in [-0.15, -0.1) is 0 Å². The lowest BCUT2D eigenvalue weighted by atomic mass is 9.96. The maximum absolute atomic E-state index is 6.27. The molecule has 2 atom stereocenters. The molecule has 2 rings (SSSR count). The summed E-state index contributed by atoms with van der Waals surface area (Å²) in [7, 11) is 1.88. The van der Waals surface area contributed by atoms with Crippen LogP contribution in [0.5, 0.6) is 0 Å². The van der Waals surface area contributed by atoms with E-state index in [0.717, 1.165) is 48.8 Å². The Morgan fingerprint density at radius 3 is 2.85 bits per heavy atom. The number of hydrogen-bond acceptors (Lipinski definition) is 3.